The highest BCUT2D eigenvalue weighted by atomic mass is 16.3. The van der Waals surface area contributed by atoms with Crippen molar-refractivity contribution in [1.29, 1.82) is 0 Å². The molecule has 3 rings (SSSR count). The number of rotatable bonds is 3. The second-order valence-electron chi connectivity index (χ2n) is 7.62. The van der Waals surface area contributed by atoms with Gasteiger partial charge in [-0.1, -0.05) is 51.0 Å². The number of nitrogens with one attached hydrogen (secondary N) is 1. The molecule has 2 heteroatoms. The summed E-state index contributed by atoms with van der Waals surface area (Å²) in [6.45, 7) is 5.10. The Labute approximate surface area is 129 Å². The zero-order valence-corrected chi connectivity index (χ0v) is 13.4. The molecule has 2 N–H and O–H groups in total. The maximum absolute atomic E-state index is 9.68. The summed E-state index contributed by atoms with van der Waals surface area (Å²) in [6, 6.07) is 9.79. The fourth-order valence-corrected chi connectivity index (χ4v) is 4.24. The van der Waals surface area contributed by atoms with Crippen molar-refractivity contribution < 1.29 is 5.11 Å². The van der Waals surface area contributed by atoms with Crippen LogP contribution in [0, 0.1) is 11.3 Å². The van der Waals surface area contributed by atoms with Crippen LogP contribution in [0.3, 0.4) is 0 Å². The highest BCUT2D eigenvalue weighted by molar-refractivity contribution is 5.34. The van der Waals surface area contributed by atoms with Gasteiger partial charge >= 0.3 is 0 Å². The average molecular weight is 287 g/mol. The molecule has 21 heavy (non-hydrogen) atoms. The van der Waals surface area contributed by atoms with Crippen molar-refractivity contribution >= 4 is 0 Å². The molecule has 1 aromatic carbocycles. The number of aryl methyl sites for hydroxylation is 1. The van der Waals surface area contributed by atoms with Crippen molar-refractivity contribution in [2.24, 2.45) is 11.3 Å². The first-order chi connectivity index (χ1) is 10.1. The van der Waals surface area contributed by atoms with Crippen LogP contribution in [0.2, 0.25) is 0 Å². The minimum absolute atomic E-state index is 0.284. The number of aliphatic hydroxyl groups is 1. The monoisotopic (exact) mass is 287 g/mol. The molecule has 0 aliphatic heterocycles. The second kappa shape index (κ2) is 6.10. The van der Waals surface area contributed by atoms with Gasteiger partial charge < -0.3 is 10.4 Å². The first kappa shape index (κ1) is 15.1. The number of hydrogen-bond acceptors (Lipinski definition) is 2. The molecule has 0 bridgehead atoms. The number of hydrogen-bond donors (Lipinski definition) is 2. The van der Waals surface area contributed by atoms with Gasteiger partial charge in [-0.05, 0) is 48.1 Å². The Morgan fingerprint density at radius 2 is 1.95 bits per heavy atom. The molecule has 1 aromatic rings. The molecule has 116 valence electrons. The van der Waals surface area contributed by atoms with Gasteiger partial charge in [0.05, 0.1) is 0 Å². The van der Waals surface area contributed by atoms with E-state index in [9.17, 15) is 5.11 Å². The fraction of sp³-hybridized carbons (Fsp3) is 0.684. The van der Waals surface area contributed by atoms with Crippen molar-refractivity contribution in [2.75, 3.05) is 6.61 Å². The highest BCUT2D eigenvalue weighted by Gasteiger charge is 2.38. The van der Waals surface area contributed by atoms with E-state index < -0.39 is 0 Å². The van der Waals surface area contributed by atoms with Crippen molar-refractivity contribution in [3.8, 4) is 0 Å². The summed E-state index contributed by atoms with van der Waals surface area (Å²) in [5.41, 5.74) is 3.27. The van der Waals surface area contributed by atoms with Gasteiger partial charge in [0, 0.05) is 18.7 Å². The van der Waals surface area contributed by atoms with Crippen LogP contribution in [0.25, 0.3) is 0 Å². The molecule has 0 radical (unpaired) electrons. The topological polar surface area (TPSA) is 32.3 Å². The minimum Gasteiger partial charge on any atom is -0.396 e. The summed E-state index contributed by atoms with van der Waals surface area (Å²) in [4.78, 5) is 0. The van der Waals surface area contributed by atoms with Gasteiger partial charge in [0.1, 0.15) is 0 Å². The third-order valence-electron chi connectivity index (χ3n) is 5.71. The summed E-state index contributed by atoms with van der Waals surface area (Å²) in [6.07, 6.45) is 7.37. The van der Waals surface area contributed by atoms with E-state index in [1.54, 1.807) is 0 Å². The van der Waals surface area contributed by atoms with Gasteiger partial charge in [0.2, 0.25) is 0 Å². The fourth-order valence-electron chi connectivity index (χ4n) is 4.24. The zero-order valence-electron chi connectivity index (χ0n) is 13.4. The molecule has 2 aliphatic carbocycles. The zero-order chi connectivity index (χ0) is 14.9. The Hall–Kier alpha value is -0.860. The van der Waals surface area contributed by atoms with Crippen molar-refractivity contribution in [3.63, 3.8) is 0 Å². The summed E-state index contributed by atoms with van der Waals surface area (Å²) in [5.74, 6) is 0.434. The lowest BCUT2D eigenvalue weighted by molar-refractivity contribution is 0.115. The van der Waals surface area contributed by atoms with Crippen molar-refractivity contribution in [2.45, 2.75) is 64.5 Å². The van der Waals surface area contributed by atoms with E-state index >= 15 is 0 Å². The average Bonchev–Trinajstić information content (AvgIpc) is 2.50. The molecule has 0 saturated heterocycles. The molecule has 1 saturated carbocycles. The van der Waals surface area contributed by atoms with E-state index in [0.29, 0.717) is 24.6 Å². The predicted molar refractivity (Wildman–Crippen MR) is 87.3 cm³/mol. The third kappa shape index (κ3) is 3.02. The number of fused-ring (bicyclic) bond motifs is 1. The largest absolute Gasteiger partial charge is 0.396 e. The van der Waals surface area contributed by atoms with Crippen LogP contribution in [0.1, 0.15) is 63.1 Å². The summed E-state index contributed by atoms with van der Waals surface area (Å²) in [5, 5.41) is 13.6. The van der Waals surface area contributed by atoms with E-state index in [-0.39, 0.29) is 5.41 Å². The Kier molecular flexibility index (Phi) is 4.37. The molecule has 0 spiro atoms. The Bertz CT molecular complexity index is 482. The van der Waals surface area contributed by atoms with Crippen LogP contribution >= 0.6 is 0 Å². The van der Waals surface area contributed by atoms with Crippen LogP contribution in [0.4, 0.5) is 0 Å². The normalized spacial score (nSPS) is 31.7. The van der Waals surface area contributed by atoms with Crippen molar-refractivity contribution in [3.05, 3.63) is 35.4 Å². The van der Waals surface area contributed by atoms with E-state index in [4.69, 9.17) is 0 Å². The molecule has 3 atom stereocenters. The number of benzene rings is 1. The molecule has 0 amide bonds. The smallest absolute Gasteiger partial charge is 0.0474 e. The lowest BCUT2D eigenvalue weighted by atomic mass is 9.69. The van der Waals surface area contributed by atoms with Gasteiger partial charge in [0.25, 0.3) is 0 Å². The SMILES string of the molecule is CC1(C)CCc2ccccc2C1NC1CCCCC1CO. The van der Waals surface area contributed by atoms with Gasteiger partial charge in [0.15, 0.2) is 0 Å². The molecular formula is C19H29NO. The van der Waals surface area contributed by atoms with Crippen LogP contribution in [-0.4, -0.2) is 17.8 Å². The summed E-state index contributed by atoms with van der Waals surface area (Å²) in [7, 11) is 0. The Morgan fingerprint density at radius 3 is 2.76 bits per heavy atom. The van der Waals surface area contributed by atoms with Crippen molar-refractivity contribution in [1.82, 2.24) is 5.32 Å². The third-order valence-corrected chi connectivity index (χ3v) is 5.71. The minimum atomic E-state index is 0.284. The summed E-state index contributed by atoms with van der Waals surface area (Å²) < 4.78 is 0. The lowest BCUT2D eigenvalue weighted by Crippen LogP contribution is -2.47. The molecule has 0 aromatic heterocycles. The maximum atomic E-state index is 9.68. The quantitative estimate of drug-likeness (QED) is 0.885. The second-order valence-corrected chi connectivity index (χ2v) is 7.62. The maximum Gasteiger partial charge on any atom is 0.0474 e. The van der Waals surface area contributed by atoms with Gasteiger partial charge in [-0.3, -0.25) is 0 Å². The van der Waals surface area contributed by atoms with Crippen LogP contribution in [-0.2, 0) is 6.42 Å². The predicted octanol–water partition coefficient (Wildman–Crippen LogP) is 3.84. The first-order valence-corrected chi connectivity index (χ1v) is 8.56. The molecule has 0 heterocycles. The van der Waals surface area contributed by atoms with E-state index in [2.05, 4.69) is 43.4 Å². The standard InChI is InChI=1S/C19H29NO/c1-19(2)12-11-14-7-3-5-9-16(14)18(19)20-17-10-6-4-8-15(17)13-21/h3,5,7,9,15,17-18,20-21H,4,6,8,10-13H2,1-2H3. The van der Waals surface area contributed by atoms with Crippen LogP contribution in [0.5, 0.6) is 0 Å². The summed E-state index contributed by atoms with van der Waals surface area (Å²) >= 11 is 0. The van der Waals surface area contributed by atoms with E-state index in [1.807, 2.05) is 0 Å². The Balaban J connectivity index is 1.85. The Morgan fingerprint density at radius 1 is 1.19 bits per heavy atom. The van der Waals surface area contributed by atoms with E-state index in [0.717, 1.165) is 0 Å². The molecule has 2 aliphatic rings. The van der Waals surface area contributed by atoms with E-state index in [1.165, 1.54) is 49.7 Å². The van der Waals surface area contributed by atoms with Crippen LogP contribution in [0.15, 0.2) is 24.3 Å². The lowest BCUT2D eigenvalue weighted by Gasteiger charge is -2.44. The molecule has 1 fully saturated rings. The van der Waals surface area contributed by atoms with Gasteiger partial charge in [-0.25, -0.2) is 0 Å². The van der Waals surface area contributed by atoms with Crippen LogP contribution < -0.4 is 5.32 Å². The first-order valence-electron chi connectivity index (χ1n) is 8.56. The highest BCUT2D eigenvalue weighted by Crippen LogP contribution is 2.44. The number of aliphatic hydroxyl groups excluding tert-OH is 1. The molecule has 2 nitrogen and oxygen atoms in total. The molecule has 3 unspecified atom stereocenters. The van der Waals surface area contributed by atoms with Gasteiger partial charge in [-0.2, -0.15) is 0 Å². The van der Waals surface area contributed by atoms with Gasteiger partial charge in [-0.15, -0.1) is 0 Å². The molecular weight excluding hydrogens is 258 g/mol.